The van der Waals surface area contributed by atoms with Crippen molar-refractivity contribution in [3.63, 3.8) is 0 Å². The van der Waals surface area contributed by atoms with Crippen LogP contribution < -0.4 is 15.5 Å². The first kappa shape index (κ1) is 16.8. The smallest absolute Gasteiger partial charge is 0.319 e. The molecule has 7 nitrogen and oxygen atoms in total. The average molecular weight is 340 g/mol. The lowest BCUT2D eigenvalue weighted by Crippen LogP contribution is -2.34. The quantitative estimate of drug-likeness (QED) is 0.646. The minimum Gasteiger partial charge on any atom is -0.371 e. The number of carbonyl (C=O) groups excluding carboxylic acids is 1. The Morgan fingerprint density at radius 2 is 1.88 bits per heavy atom. The molecule has 3 rings (SSSR count). The van der Waals surface area contributed by atoms with Gasteiger partial charge in [0.15, 0.2) is 0 Å². The second-order valence-electron chi connectivity index (χ2n) is 6.08. The summed E-state index contributed by atoms with van der Waals surface area (Å²) in [6.07, 6.45) is 1.03. The van der Waals surface area contributed by atoms with Crippen molar-refractivity contribution in [2.45, 2.75) is 6.42 Å². The minimum atomic E-state index is -0.470. The Labute approximate surface area is 145 Å². The maximum Gasteiger partial charge on any atom is 0.319 e. The molecule has 0 saturated carbocycles. The number of rotatable bonds is 5. The monoisotopic (exact) mass is 340 g/mol. The number of nitro benzene ring substituents is 1. The molecule has 1 fully saturated rings. The van der Waals surface area contributed by atoms with E-state index in [0.717, 1.165) is 19.5 Å². The Balaban J connectivity index is 1.44. The predicted octanol–water partition coefficient (Wildman–Crippen LogP) is 3.24. The van der Waals surface area contributed by atoms with Gasteiger partial charge in [-0.2, -0.15) is 0 Å². The predicted molar refractivity (Wildman–Crippen MR) is 96.9 cm³/mol. The highest BCUT2D eigenvalue weighted by Crippen LogP contribution is 2.23. The number of para-hydroxylation sites is 1. The molecular weight excluding hydrogens is 320 g/mol. The molecule has 0 aromatic heterocycles. The molecule has 1 aliphatic rings. The lowest BCUT2D eigenvalue weighted by atomic mass is 10.1. The van der Waals surface area contributed by atoms with Gasteiger partial charge in [-0.25, -0.2) is 4.79 Å². The van der Waals surface area contributed by atoms with Gasteiger partial charge in [0, 0.05) is 43.1 Å². The number of nitrogens with one attached hydrogen (secondary N) is 2. The van der Waals surface area contributed by atoms with Gasteiger partial charge >= 0.3 is 6.03 Å². The molecule has 1 heterocycles. The van der Waals surface area contributed by atoms with Crippen LogP contribution in [-0.2, 0) is 0 Å². The molecule has 7 heteroatoms. The van der Waals surface area contributed by atoms with Crippen molar-refractivity contribution in [1.82, 2.24) is 5.32 Å². The third-order valence-electron chi connectivity index (χ3n) is 4.29. The number of benzene rings is 2. The summed E-state index contributed by atoms with van der Waals surface area (Å²) >= 11 is 0. The van der Waals surface area contributed by atoms with Crippen molar-refractivity contribution < 1.29 is 9.72 Å². The summed E-state index contributed by atoms with van der Waals surface area (Å²) < 4.78 is 0. The van der Waals surface area contributed by atoms with E-state index in [1.165, 1.54) is 30.0 Å². The maximum atomic E-state index is 12.0. The lowest BCUT2D eigenvalue weighted by molar-refractivity contribution is -0.384. The highest BCUT2D eigenvalue weighted by atomic mass is 16.6. The first-order valence-electron chi connectivity index (χ1n) is 8.21. The van der Waals surface area contributed by atoms with Crippen molar-refractivity contribution in [1.29, 1.82) is 0 Å². The van der Waals surface area contributed by atoms with Crippen LogP contribution in [0.4, 0.5) is 21.9 Å². The SMILES string of the molecule is O=C(NC[C@@H]1CCN(c2ccccc2)C1)Nc1ccc([N+](=O)[O-])cc1. The molecule has 1 atom stereocenters. The van der Waals surface area contributed by atoms with E-state index >= 15 is 0 Å². The van der Waals surface area contributed by atoms with Crippen LogP contribution in [0.25, 0.3) is 0 Å². The Bertz CT molecular complexity index is 734. The van der Waals surface area contributed by atoms with Crippen LogP contribution in [-0.4, -0.2) is 30.6 Å². The Hall–Kier alpha value is -3.09. The summed E-state index contributed by atoms with van der Waals surface area (Å²) in [5.74, 6) is 0.405. The van der Waals surface area contributed by atoms with E-state index < -0.39 is 4.92 Å². The third kappa shape index (κ3) is 4.47. The van der Waals surface area contributed by atoms with Gasteiger partial charge in [-0.15, -0.1) is 0 Å². The lowest BCUT2D eigenvalue weighted by Gasteiger charge is -2.18. The largest absolute Gasteiger partial charge is 0.371 e. The van der Waals surface area contributed by atoms with Gasteiger partial charge in [0.2, 0.25) is 0 Å². The molecule has 25 heavy (non-hydrogen) atoms. The van der Waals surface area contributed by atoms with E-state index in [0.29, 0.717) is 18.2 Å². The molecule has 130 valence electrons. The molecule has 0 unspecified atom stereocenters. The van der Waals surface area contributed by atoms with Crippen LogP contribution in [0.1, 0.15) is 6.42 Å². The van der Waals surface area contributed by atoms with E-state index in [1.807, 2.05) is 18.2 Å². The third-order valence-corrected chi connectivity index (χ3v) is 4.29. The van der Waals surface area contributed by atoms with E-state index in [2.05, 4.69) is 27.7 Å². The van der Waals surface area contributed by atoms with Gasteiger partial charge in [-0.3, -0.25) is 10.1 Å². The fourth-order valence-corrected chi connectivity index (χ4v) is 2.95. The van der Waals surface area contributed by atoms with E-state index in [9.17, 15) is 14.9 Å². The highest BCUT2D eigenvalue weighted by molar-refractivity contribution is 5.89. The van der Waals surface area contributed by atoms with Crippen LogP contribution in [0.15, 0.2) is 54.6 Å². The van der Waals surface area contributed by atoms with Gasteiger partial charge in [-0.1, -0.05) is 18.2 Å². The van der Waals surface area contributed by atoms with Gasteiger partial charge < -0.3 is 15.5 Å². The molecule has 0 bridgehead atoms. The molecule has 1 saturated heterocycles. The van der Waals surface area contributed by atoms with E-state index in [1.54, 1.807) is 0 Å². The maximum absolute atomic E-state index is 12.0. The Kier molecular flexibility index (Phi) is 5.13. The second kappa shape index (κ2) is 7.65. The van der Waals surface area contributed by atoms with Crippen molar-refractivity contribution in [3.8, 4) is 0 Å². The number of hydrogen-bond acceptors (Lipinski definition) is 4. The van der Waals surface area contributed by atoms with Gasteiger partial charge in [0.1, 0.15) is 0 Å². The number of nitrogens with zero attached hydrogens (tertiary/aromatic N) is 2. The first-order valence-corrected chi connectivity index (χ1v) is 8.21. The van der Waals surface area contributed by atoms with Gasteiger partial charge in [-0.05, 0) is 36.6 Å². The zero-order valence-electron chi connectivity index (χ0n) is 13.7. The zero-order valence-corrected chi connectivity index (χ0v) is 13.7. The summed E-state index contributed by atoms with van der Waals surface area (Å²) in [5.41, 5.74) is 1.73. The Morgan fingerprint density at radius 1 is 1.16 bits per heavy atom. The van der Waals surface area contributed by atoms with Gasteiger partial charge in [0.05, 0.1) is 4.92 Å². The van der Waals surface area contributed by atoms with Crippen molar-refractivity contribution >= 4 is 23.1 Å². The molecule has 1 aliphatic heterocycles. The number of amides is 2. The zero-order chi connectivity index (χ0) is 17.6. The number of hydrogen-bond donors (Lipinski definition) is 2. The number of nitro groups is 1. The molecule has 2 amide bonds. The second-order valence-corrected chi connectivity index (χ2v) is 6.08. The Morgan fingerprint density at radius 3 is 2.56 bits per heavy atom. The van der Waals surface area contributed by atoms with Crippen molar-refractivity contribution in [3.05, 3.63) is 64.7 Å². The topological polar surface area (TPSA) is 87.5 Å². The standard InChI is InChI=1S/C18H20N4O3/c23-18(20-15-6-8-17(9-7-15)22(24)25)19-12-14-10-11-21(13-14)16-4-2-1-3-5-16/h1-9,14H,10-13H2,(H2,19,20,23)/t14-/m0/s1. The average Bonchev–Trinajstić information content (AvgIpc) is 3.10. The summed E-state index contributed by atoms with van der Waals surface area (Å²) in [5, 5.41) is 16.2. The number of anilines is 2. The van der Waals surface area contributed by atoms with Crippen LogP contribution >= 0.6 is 0 Å². The van der Waals surface area contributed by atoms with Crippen LogP contribution in [0.2, 0.25) is 0 Å². The molecule has 0 radical (unpaired) electrons. The van der Waals surface area contributed by atoms with E-state index in [-0.39, 0.29) is 11.7 Å². The molecule has 0 aliphatic carbocycles. The fourth-order valence-electron chi connectivity index (χ4n) is 2.95. The normalized spacial score (nSPS) is 16.5. The van der Waals surface area contributed by atoms with Crippen LogP contribution in [0.5, 0.6) is 0 Å². The first-order chi connectivity index (χ1) is 12.1. The molecule has 2 aromatic carbocycles. The molecule has 0 spiro atoms. The molecule has 2 N–H and O–H groups in total. The number of urea groups is 1. The summed E-state index contributed by atoms with van der Waals surface area (Å²) in [7, 11) is 0. The minimum absolute atomic E-state index is 0.00193. The number of non-ortho nitro benzene ring substituents is 1. The summed E-state index contributed by atoms with van der Waals surface area (Å²) in [6, 6.07) is 15.7. The highest BCUT2D eigenvalue weighted by Gasteiger charge is 2.22. The van der Waals surface area contributed by atoms with Crippen LogP contribution in [0, 0.1) is 16.0 Å². The summed E-state index contributed by atoms with van der Waals surface area (Å²) in [4.78, 5) is 24.4. The van der Waals surface area contributed by atoms with Crippen molar-refractivity contribution in [2.75, 3.05) is 29.9 Å². The molecular formula is C18H20N4O3. The van der Waals surface area contributed by atoms with Crippen molar-refractivity contribution in [2.24, 2.45) is 5.92 Å². The van der Waals surface area contributed by atoms with Crippen LogP contribution in [0.3, 0.4) is 0 Å². The van der Waals surface area contributed by atoms with Gasteiger partial charge in [0.25, 0.3) is 5.69 Å². The molecule has 2 aromatic rings. The summed E-state index contributed by atoms with van der Waals surface area (Å²) in [6.45, 7) is 2.50. The van der Waals surface area contributed by atoms with E-state index in [4.69, 9.17) is 0 Å². The number of carbonyl (C=O) groups is 1. The fraction of sp³-hybridized carbons (Fsp3) is 0.278.